The van der Waals surface area contributed by atoms with Crippen LogP contribution in [-0.4, -0.2) is 133 Å². The van der Waals surface area contributed by atoms with Crippen molar-refractivity contribution in [1.82, 2.24) is 5.32 Å². The Balaban J connectivity index is 2.36. The van der Waals surface area contributed by atoms with Crippen LogP contribution in [0.5, 0.6) is 0 Å². The van der Waals surface area contributed by atoms with E-state index in [0.717, 1.165) is 44.9 Å². The Kier molecular flexibility index (Phi) is 16.8. The maximum atomic E-state index is 10.5. The zero-order chi connectivity index (χ0) is 27.1. The number of carbonyl (C=O) groups is 1. The molecule has 13 nitrogen and oxygen atoms in total. The number of aliphatic hydroxyl groups is 8. The molecule has 0 spiro atoms. The zero-order valence-corrected chi connectivity index (χ0v) is 20.6. The molecule has 1 aliphatic heterocycles. The van der Waals surface area contributed by atoms with Gasteiger partial charge < -0.3 is 60.7 Å². The first kappa shape index (κ1) is 33.1. The summed E-state index contributed by atoms with van der Waals surface area (Å²) in [6.07, 6.45) is -6.61. The van der Waals surface area contributed by atoms with Crippen LogP contribution < -0.4 is 5.32 Å². The normalized spacial score (nSPS) is 27.9. The molecule has 0 saturated carbocycles. The Morgan fingerprint density at radius 1 is 0.833 bits per heavy atom. The van der Waals surface area contributed by atoms with E-state index in [2.05, 4.69) is 5.32 Å². The molecule has 0 aliphatic carbocycles. The van der Waals surface area contributed by atoms with E-state index in [1.165, 1.54) is 0 Å². The van der Waals surface area contributed by atoms with Crippen molar-refractivity contribution in [2.45, 2.75) is 113 Å². The smallest absolute Gasteiger partial charge is 0.303 e. The molecule has 0 amide bonds. The number of carboxylic acid groups (broad SMARTS) is 1. The SMILES string of the molecule is O=C(O)CCCCCCCCCCNCC(O)C(O)C(OC1OC(CO)C(O)C(O)C1O)C(O)CO. The van der Waals surface area contributed by atoms with E-state index in [4.69, 9.17) is 14.6 Å². The maximum Gasteiger partial charge on any atom is 0.303 e. The third-order valence-electron chi connectivity index (χ3n) is 6.28. The van der Waals surface area contributed by atoms with Crippen LogP contribution in [0.1, 0.15) is 57.8 Å². The molecule has 214 valence electrons. The number of aliphatic hydroxyl groups excluding tert-OH is 8. The second-order valence-corrected chi connectivity index (χ2v) is 9.28. The van der Waals surface area contributed by atoms with Gasteiger partial charge >= 0.3 is 5.97 Å². The lowest BCUT2D eigenvalue weighted by atomic mass is 9.98. The van der Waals surface area contributed by atoms with E-state index in [1.54, 1.807) is 0 Å². The molecule has 1 saturated heterocycles. The van der Waals surface area contributed by atoms with Crippen molar-refractivity contribution < 1.29 is 60.2 Å². The first-order valence-electron chi connectivity index (χ1n) is 12.7. The third kappa shape index (κ3) is 11.6. The highest BCUT2D eigenvalue weighted by molar-refractivity contribution is 5.66. The van der Waals surface area contributed by atoms with Gasteiger partial charge in [-0.2, -0.15) is 0 Å². The number of ether oxygens (including phenoxy) is 2. The van der Waals surface area contributed by atoms with Gasteiger partial charge in [-0.25, -0.2) is 0 Å². The average molecular weight is 528 g/mol. The fourth-order valence-corrected chi connectivity index (χ4v) is 4.01. The Labute approximate surface area is 211 Å². The lowest BCUT2D eigenvalue weighted by Gasteiger charge is -2.42. The van der Waals surface area contributed by atoms with Gasteiger partial charge in [-0.15, -0.1) is 0 Å². The van der Waals surface area contributed by atoms with Gasteiger partial charge in [-0.1, -0.05) is 38.5 Å². The van der Waals surface area contributed by atoms with Crippen molar-refractivity contribution in [2.75, 3.05) is 26.3 Å². The summed E-state index contributed by atoms with van der Waals surface area (Å²) >= 11 is 0. The number of unbranched alkanes of at least 4 members (excludes halogenated alkanes) is 7. The van der Waals surface area contributed by atoms with E-state index < -0.39 is 74.3 Å². The Bertz CT molecular complexity index is 583. The van der Waals surface area contributed by atoms with E-state index in [0.29, 0.717) is 13.0 Å². The predicted molar refractivity (Wildman–Crippen MR) is 126 cm³/mol. The van der Waals surface area contributed by atoms with E-state index >= 15 is 0 Å². The third-order valence-corrected chi connectivity index (χ3v) is 6.28. The molecule has 1 heterocycles. The Morgan fingerprint density at radius 2 is 1.42 bits per heavy atom. The molecule has 36 heavy (non-hydrogen) atoms. The summed E-state index contributed by atoms with van der Waals surface area (Å²) in [5.41, 5.74) is 0. The van der Waals surface area contributed by atoms with Crippen LogP contribution in [-0.2, 0) is 14.3 Å². The van der Waals surface area contributed by atoms with Crippen molar-refractivity contribution in [3.63, 3.8) is 0 Å². The van der Waals surface area contributed by atoms with Crippen LogP contribution in [0.2, 0.25) is 0 Å². The summed E-state index contributed by atoms with van der Waals surface area (Å²) in [6.45, 7) is -1.00. The standard InChI is InChI=1S/C23H45NO12/c25-12-15(28)22(36-23-21(34)20(33)19(32)16(13-26)35-23)18(31)14(27)11-24-10-8-6-4-2-1-3-5-7-9-17(29)30/h14-16,18-28,31-34H,1-13H2,(H,29,30). The van der Waals surface area contributed by atoms with Crippen LogP contribution >= 0.6 is 0 Å². The number of hydrogen-bond acceptors (Lipinski definition) is 12. The van der Waals surface area contributed by atoms with Crippen molar-refractivity contribution in [3.05, 3.63) is 0 Å². The molecule has 0 aromatic heterocycles. The van der Waals surface area contributed by atoms with Gasteiger partial charge in [-0.05, 0) is 19.4 Å². The summed E-state index contributed by atoms with van der Waals surface area (Å²) in [5.74, 6) is -0.762. The molecule has 1 fully saturated rings. The van der Waals surface area contributed by atoms with Crippen molar-refractivity contribution in [3.8, 4) is 0 Å². The van der Waals surface area contributed by atoms with Crippen LogP contribution in [0.3, 0.4) is 0 Å². The van der Waals surface area contributed by atoms with Gasteiger partial charge in [0.1, 0.15) is 42.7 Å². The van der Waals surface area contributed by atoms with Crippen molar-refractivity contribution in [1.29, 1.82) is 0 Å². The lowest BCUT2D eigenvalue weighted by molar-refractivity contribution is -0.327. The fraction of sp³-hybridized carbons (Fsp3) is 0.957. The molecule has 0 aromatic rings. The Morgan fingerprint density at radius 3 is 1.97 bits per heavy atom. The summed E-state index contributed by atoms with van der Waals surface area (Å²) in [4.78, 5) is 10.5. The van der Waals surface area contributed by atoms with Crippen LogP contribution in [0, 0.1) is 0 Å². The van der Waals surface area contributed by atoms with Gasteiger partial charge in [0.25, 0.3) is 0 Å². The van der Waals surface area contributed by atoms with Gasteiger partial charge in [0.2, 0.25) is 0 Å². The summed E-state index contributed by atoms with van der Waals surface area (Å²) in [5, 5.41) is 91.0. The van der Waals surface area contributed by atoms with E-state index in [1.807, 2.05) is 0 Å². The van der Waals surface area contributed by atoms with Crippen LogP contribution in [0.15, 0.2) is 0 Å². The summed E-state index contributed by atoms with van der Waals surface area (Å²) < 4.78 is 10.6. The second-order valence-electron chi connectivity index (χ2n) is 9.28. The Hall–Kier alpha value is -0.970. The van der Waals surface area contributed by atoms with Crippen LogP contribution in [0.25, 0.3) is 0 Å². The molecular formula is C23H45NO12. The monoisotopic (exact) mass is 527 g/mol. The number of aliphatic carboxylic acids is 1. The molecule has 9 atom stereocenters. The number of nitrogens with one attached hydrogen (secondary N) is 1. The number of rotatable bonds is 20. The first-order valence-corrected chi connectivity index (χ1v) is 12.7. The molecule has 0 radical (unpaired) electrons. The molecule has 10 N–H and O–H groups in total. The molecule has 1 aliphatic rings. The minimum absolute atomic E-state index is 0.0442. The largest absolute Gasteiger partial charge is 0.481 e. The van der Waals surface area contributed by atoms with Gasteiger partial charge in [0, 0.05) is 13.0 Å². The topological polar surface area (TPSA) is 230 Å². The van der Waals surface area contributed by atoms with Crippen molar-refractivity contribution >= 4 is 5.97 Å². The minimum Gasteiger partial charge on any atom is -0.481 e. The number of hydrogen-bond donors (Lipinski definition) is 10. The second kappa shape index (κ2) is 18.3. The average Bonchev–Trinajstić information content (AvgIpc) is 2.86. The quantitative estimate of drug-likeness (QED) is 0.0735. The molecule has 0 bridgehead atoms. The highest BCUT2D eigenvalue weighted by Gasteiger charge is 2.46. The molecular weight excluding hydrogens is 482 g/mol. The van der Waals surface area contributed by atoms with Gasteiger partial charge in [0.15, 0.2) is 6.29 Å². The highest BCUT2D eigenvalue weighted by atomic mass is 16.7. The highest BCUT2D eigenvalue weighted by Crippen LogP contribution is 2.25. The predicted octanol–water partition coefficient (Wildman–Crippen LogP) is -2.57. The molecule has 0 aromatic carbocycles. The first-order chi connectivity index (χ1) is 17.1. The maximum absolute atomic E-state index is 10.5. The van der Waals surface area contributed by atoms with E-state index in [9.17, 15) is 45.6 Å². The van der Waals surface area contributed by atoms with E-state index in [-0.39, 0.29) is 13.0 Å². The van der Waals surface area contributed by atoms with Gasteiger partial charge in [-0.3, -0.25) is 4.79 Å². The summed E-state index contributed by atoms with van der Waals surface area (Å²) in [6, 6.07) is 0. The molecule has 1 rings (SSSR count). The summed E-state index contributed by atoms with van der Waals surface area (Å²) in [7, 11) is 0. The van der Waals surface area contributed by atoms with Crippen LogP contribution in [0.4, 0.5) is 0 Å². The zero-order valence-electron chi connectivity index (χ0n) is 20.6. The molecule has 9 unspecified atom stereocenters. The number of carboxylic acids is 1. The minimum atomic E-state index is -1.77. The fourth-order valence-electron chi connectivity index (χ4n) is 4.01. The molecule has 13 heteroatoms. The lowest BCUT2D eigenvalue weighted by Crippen LogP contribution is -2.61. The van der Waals surface area contributed by atoms with Gasteiger partial charge in [0.05, 0.1) is 19.3 Å². The van der Waals surface area contributed by atoms with Crippen molar-refractivity contribution in [2.24, 2.45) is 0 Å².